The summed E-state index contributed by atoms with van der Waals surface area (Å²) < 4.78 is 6.09. The van der Waals surface area contributed by atoms with Gasteiger partial charge in [0.05, 0.1) is 0 Å². The monoisotopic (exact) mass is 323 g/mol. The van der Waals surface area contributed by atoms with Crippen molar-refractivity contribution < 1.29 is 9.53 Å². The van der Waals surface area contributed by atoms with E-state index in [1.807, 2.05) is 49.1 Å². The van der Waals surface area contributed by atoms with Gasteiger partial charge in [-0.3, -0.25) is 4.79 Å². The molecule has 0 saturated heterocycles. The Kier molecular flexibility index (Phi) is 4.89. The topological polar surface area (TPSA) is 29.5 Å². The molecule has 3 rings (SSSR count). The van der Waals surface area contributed by atoms with Crippen LogP contribution in [0.3, 0.4) is 0 Å². The summed E-state index contributed by atoms with van der Waals surface area (Å²) in [5.41, 5.74) is 4.55. The van der Waals surface area contributed by atoms with Crippen LogP contribution < -0.4 is 9.64 Å². The molecule has 1 aliphatic heterocycles. The smallest absolute Gasteiger partial charge is 0.268 e. The van der Waals surface area contributed by atoms with Crippen LogP contribution in [0.1, 0.15) is 36.5 Å². The number of ether oxygens (including phenoxy) is 1. The highest BCUT2D eigenvalue weighted by atomic mass is 16.5. The van der Waals surface area contributed by atoms with E-state index in [9.17, 15) is 4.79 Å². The highest BCUT2D eigenvalue weighted by Crippen LogP contribution is 2.29. The number of hydrogen-bond donors (Lipinski definition) is 0. The van der Waals surface area contributed by atoms with E-state index in [0.717, 1.165) is 36.4 Å². The number of carbonyl (C=O) groups is 1. The zero-order chi connectivity index (χ0) is 17.1. The van der Waals surface area contributed by atoms with Crippen LogP contribution in [-0.2, 0) is 11.2 Å². The van der Waals surface area contributed by atoms with E-state index in [2.05, 4.69) is 19.1 Å². The fourth-order valence-corrected chi connectivity index (χ4v) is 3.33. The molecule has 1 heterocycles. The summed E-state index contributed by atoms with van der Waals surface area (Å²) in [5.74, 6) is 0.857. The Hall–Kier alpha value is -2.29. The van der Waals surface area contributed by atoms with Gasteiger partial charge < -0.3 is 9.64 Å². The normalized spacial score (nSPS) is 14.9. The molecule has 2 aromatic rings. The maximum absolute atomic E-state index is 13.1. The maximum atomic E-state index is 13.1. The van der Waals surface area contributed by atoms with Crippen molar-refractivity contribution in [3.63, 3.8) is 0 Å². The number of amides is 1. The SMILES string of the molecule is CCC(Oc1ccc(C)cc1C)C(=O)N1CCCc2ccccc21. The molecule has 1 unspecified atom stereocenters. The van der Waals surface area contributed by atoms with Gasteiger partial charge in [0.1, 0.15) is 5.75 Å². The first-order valence-electron chi connectivity index (χ1n) is 8.73. The average molecular weight is 323 g/mol. The van der Waals surface area contributed by atoms with Crippen molar-refractivity contribution in [2.75, 3.05) is 11.4 Å². The van der Waals surface area contributed by atoms with Gasteiger partial charge in [0, 0.05) is 12.2 Å². The van der Waals surface area contributed by atoms with Gasteiger partial charge in [-0.25, -0.2) is 0 Å². The molecule has 2 aromatic carbocycles. The summed E-state index contributed by atoms with van der Waals surface area (Å²) in [6, 6.07) is 14.3. The Labute approximate surface area is 144 Å². The molecule has 0 spiro atoms. The fraction of sp³-hybridized carbons (Fsp3) is 0.381. The van der Waals surface area contributed by atoms with E-state index in [-0.39, 0.29) is 5.91 Å². The van der Waals surface area contributed by atoms with E-state index in [1.54, 1.807) is 0 Å². The van der Waals surface area contributed by atoms with Crippen molar-refractivity contribution in [3.05, 3.63) is 59.2 Å². The van der Waals surface area contributed by atoms with Gasteiger partial charge in [-0.1, -0.05) is 42.8 Å². The number of fused-ring (bicyclic) bond motifs is 1. The number of anilines is 1. The lowest BCUT2D eigenvalue weighted by molar-refractivity contribution is -0.125. The molecule has 1 atom stereocenters. The number of carbonyl (C=O) groups excluding carboxylic acids is 1. The van der Waals surface area contributed by atoms with Gasteiger partial charge in [-0.15, -0.1) is 0 Å². The van der Waals surface area contributed by atoms with Crippen LogP contribution in [0.25, 0.3) is 0 Å². The van der Waals surface area contributed by atoms with Crippen LogP contribution in [0.2, 0.25) is 0 Å². The van der Waals surface area contributed by atoms with Crippen LogP contribution in [-0.4, -0.2) is 18.6 Å². The maximum Gasteiger partial charge on any atom is 0.268 e. The van der Waals surface area contributed by atoms with Gasteiger partial charge in [0.15, 0.2) is 6.10 Å². The summed E-state index contributed by atoms with van der Waals surface area (Å²) in [6.07, 6.45) is 2.25. The van der Waals surface area contributed by atoms with Gasteiger partial charge in [-0.2, -0.15) is 0 Å². The van der Waals surface area contributed by atoms with Crippen LogP contribution in [0, 0.1) is 13.8 Å². The van der Waals surface area contributed by atoms with Crippen molar-refractivity contribution in [3.8, 4) is 5.75 Å². The molecule has 1 amide bonds. The minimum atomic E-state index is -0.447. The quantitative estimate of drug-likeness (QED) is 0.832. The third-order valence-electron chi connectivity index (χ3n) is 4.62. The van der Waals surface area contributed by atoms with Gasteiger partial charge in [0.2, 0.25) is 0 Å². The lowest BCUT2D eigenvalue weighted by Gasteiger charge is -2.32. The zero-order valence-corrected chi connectivity index (χ0v) is 14.7. The second-order valence-corrected chi connectivity index (χ2v) is 6.51. The molecular weight excluding hydrogens is 298 g/mol. The molecule has 24 heavy (non-hydrogen) atoms. The van der Waals surface area contributed by atoms with Crippen molar-refractivity contribution in [2.45, 2.75) is 46.1 Å². The Morgan fingerprint density at radius 3 is 2.75 bits per heavy atom. The lowest BCUT2D eigenvalue weighted by Crippen LogP contribution is -2.44. The predicted molar refractivity (Wildman–Crippen MR) is 97.7 cm³/mol. The molecule has 0 aliphatic carbocycles. The minimum Gasteiger partial charge on any atom is -0.480 e. The molecular formula is C21H25NO2. The Bertz CT molecular complexity index is 738. The van der Waals surface area contributed by atoms with Crippen molar-refractivity contribution in [2.24, 2.45) is 0 Å². The Morgan fingerprint density at radius 1 is 1.21 bits per heavy atom. The largest absolute Gasteiger partial charge is 0.480 e. The Morgan fingerprint density at radius 2 is 2.00 bits per heavy atom. The lowest BCUT2D eigenvalue weighted by atomic mass is 10.0. The molecule has 0 fully saturated rings. The van der Waals surface area contributed by atoms with Crippen LogP contribution >= 0.6 is 0 Å². The summed E-state index contributed by atoms with van der Waals surface area (Å²) in [4.78, 5) is 15.0. The van der Waals surface area contributed by atoms with Crippen molar-refractivity contribution in [1.29, 1.82) is 0 Å². The average Bonchev–Trinajstić information content (AvgIpc) is 2.60. The summed E-state index contributed by atoms with van der Waals surface area (Å²) in [6.45, 7) is 6.85. The Balaban J connectivity index is 1.82. The first-order valence-corrected chi connectivity index (χ1v) is 8.73. The zero-order valence-electron chi connectivity index (χ0n) is 14.7. The third-order valence-corrected chi connectivity index (χ3v) is 4.62. The number of nitrogens with zero attached hydrogens (tertiary/aromatic N) is 1. The summed E-state index contributed by atoms with van der Waals surface area (Å²) in [7, 11) is 0. The van der Waals surface area contributed by atoms with Gasteiger partial charge in [-0.05, 0) is 56.4 Å². The first kappa shape index (κ1) is 16.6. The van der Waals surface area contributed by atoms with Crippen LogP contribution in [0.5, 0.6) is 5.75 Å². The second kappa shape index (κ2) is 7.08. The number of aryl methyl sites for hydroxylation is 3. The third kappa shape index (κ3) is 3.30. The molecule has 3 nitrogen and oxygen atoms in total. The van der Waals surface area contributed by atoms with Crippen molar-refractivity contribution in [1.82, 2.24) is 0 Å². The predicted octanol–water partition coefficient (Wildman–Crippen LogP) is 4.44. The molecule has 0 N–H and O–H groups in total. The molecule has 126 valence electrons. The van der Waals surface area contributed by atoms with E-state index >= 15 is 0 Å². The number of para-hydroxylation sites is 1. The van der Waals surface area contributed by atoms with E-state index in [4.69, 9.17) is 4.74 Å². The van der Waals surface area contributed by atoms with E-state index in [1.165, 1.54) is 11.1 Å². The summed E-state index contributed by atoms with van der Waals surface area (Å²) >= 11 is 0. The van der Waals surface area contributed by atoms with Crippen LogP contribution in [0.15, 0.2) is 42.5 Å². The molecule has 0 bridgehead atoms. The van der Waals surface area contributed by atoms with Crippen molar-refractivity contribution >= 4 is 11.6 Å². The second-order valence-electron chi connectivity index (χ2n) is 6.51. The van der Waals surface area contributed by atoms with Gasteiger partial charge in [0.25, 0.3) is 5.91 Å². The summed E-state index contributed by atoms with van der Waals surface area (Å²) in [5, 5.41) is 0. The van der Waals surface area contributed by atoms with Gasteiger partial charge >= 0.3 is 0 Å². The molecule has 0 saturated carbocycles. The number of benzene rings is 2. The highest BCUT2D eigenvalue weighted by Gasteiger charge is 2.29. The fourth-order valence-electron chi connectivity index (χ4n) is 3.33. The molecule has 1 aliphatic rings. The number of hydrogen-bond acceptors (Lipinski definition) is 2. The minimum absolute atomic E-state index is 0.0598. The van der Waals surface area contributed by atoms with E-state index < -0.39 is 6.10 Å². The molecule has 0 radical (unpaired) electrons. The molecule has 3 heteroatoms. The highest BCUT2D eigenvalue weighted by molar-refractivity contribution is 5.97. The first-order chi connectivity index (χ1) is 11.6. The van der Waals surface area contributed by atoms with Crippen LogP contribution in [0.4, 0.5) is 5.69 Å². The standard InChI is InChI=1S/C21H25NO2/c1-4-19(24-20-12-11-15(2)14-16(20)3)21(23)22-13-7-9-17-8-5-6-10-18(17)22/h5-6,8,10-12,14,19H,4,7,9,13H2,1-3H3. The van der Waals surface area contributed by atoms with E-state index in [0.29, 0.717) is 6.42 Å². The molecule has 0 aromatic heterocycles. The number of rotatable bonds is 4.